The summed E-state index contributed by atoms with van der Waals surface area (Å²) in [5.74, 6) is 0.720. The van der Waals surface area contributed by atoms with E-state index in [0.717, 1.165) is 4.70 Å². The largest absolute Gasteiger partial charge is 0.495 e. The number of sulfonamides is 1. The molecule has 0 spiro atoms. The van der Waals surface area contributed by atoms with Crippen molar-refractivity contribution in [3.63, 3.8) is 0 Å². The quantitative estimate of drug-likeness (QED) is 0.605. The molecule has 8 nitrogen and oxygen atoms in total. The summed E-state index contributed by atoms with van der Waals surface area (Å²) in [5, 5.41) is 2.79. The van der Waals surface area contributed by atoms with Gasteiger partial charge in [0.05, 0.1) is 34.5 Å². The molecule has 10 heteroatoms. The molecule has 0 saturated carbocycles. The summed E-state index contributed by atoms with van der Waals surface area (Å²) in [4.78, 5) is 15.6. The summed E-state index contributed by atoms with van der Waals surface area (Å²) in [6.07, 6.45) is 0. The fourth-order valence-corrected chi connectivity index (χ4v) is 4.68. The fourth-order valence-electron chi connectivity index (χ4n) is 2.52. The van der Waals surface area contributed by atoms with Crippen LogP contribution in [0.25, 0.3) is 10.2 Å². The Balaban J connectivity index is 1.91. The molecule has 0 bridgehead atoms. The maximum Gasteiger partial charge on any atom is 0.263 e. The van der Waals surface area contributed by atoms with Crippen molar-refractivity contribution in [2.75, 3.05) is 23.8 Å². The van der Waals surface area contributed by atoms with Crippen LogP contribution in [0.4, 0.5) is 10.8 Å². The van der Waals surface area contributed by atoms with E-state index in [1.807, 2.05) is 13.0 Å². The minimum atomic E-state index is -3.90. The number of methoxy groups -OCH3 is 1. The maximum atomic E-state index is 12.8. The van der Waals surface area contributed by atoms with Gasteiger partial charge in [0.1, 0.15) is 11.5 Å². The minimum Gasteiger partial charge on any atom is -0.495 e. The summed E-state index contributed by atoms with van der Waals surface area (Å²) in [7, 11) is -2.47. The molecule has 2 N–H and O–H groups in total. The zero-order valence-corrected chi connectivity index (χ0v) is 17.1. The van der Waals surface area contributed by atoms with Crippen molar-refractivity contribution in [1.29, 1.82) is 0 Å². The predicted octanol–water partition coefficient (Wildman–Crippen LogP) is 3.46. The van der Waals surface area contributed by atoms with Crippen LogP contribution in [-0.2, 0) is 14.8 Å². The summed E-state index contributed by atoms with van der Waals surface area (Å²) >= 11 is 1.21. The van der Waals surface area contributed by atoms with E-state index in [1.54, 1.807) is 12.1 Å². The van der Waals surface area contributed by atoms with Crippen LogP contribution < -0.4 is 19.5 Å². The molecule has 0 saturated heterocycles. The van der Waals surface area contributed by atoms with E-state index in [-0.39, 0.29) is 21.6 Å². The third-order valence-corrected chi connectivity index (χ3v) is 6.08. The maximum absolute atomic E-state index is 12.8. The highest BCUT2D eigenvalue weighted by molar-refractivity contribution is 7.93. The topological polar surface area (TPSA) is 107 Å². The lowest BCUT2D eigenvalue weighted by Crippen LogP contribution is -2.14. The molecule has 0 aliphatic carbocycles. The van der Waals surface area contributed by atoms with Crippen LogP contribution in [0.5, 0.6) is 11.5 Å². The van der Waals surface area contributed by atoms with E-state index in [2.05, 4.69) is 15.0 Å². The molecule has 0 unspecified atom stereocenters. The number of amides is 1. The molecule has 3 aromatic rings. The number of ether oxygens (including phenoxy) is 2. The second kappa shape index (κ2) is 8.03. The molecule has 0 aliphatic rings. The number of aromatic nitrogens is 1. The fraction of sp³-hybridized carbons (Fsp3) is 0.222. The summed E-state index contributed by atoms with van der Waals surface area (Å²) in [5.41, 5.74) is 0.934. The van der Waals surface area contributed by atoms with Gasteiger partial charge in [-0.05, 0) is 43.3 Å². The molecule has 1 amide bonds. The molecule has 1 aromatic heterocycles. The van der Waals surface area contributed by atoms with Gasteiger partial charge in [0, 0.05) is 6.92 Å². The van der Waals surface area contributed by atoms with Crippen molar-refractivity contribution in [2.45, 2.75) is 18.7 Å². The van der Waals surface area contributed by atoms with Gasteiger partial charge in [0.15, 0.2) is 5.13 Å². The number of rotatable bonds is 7. The minimum absolute atomic E-state index is 0.0219. The van der Waals surface area contributed by atoms with E-state index in [0.29, 0.717) is 23.6 Å². The Bertz CT molecular complexity index is 1130. The van der Waals surface area contributed by atoms with Gasteiger partial charge in [0.2, 0.25) is 5.91 Å². The Hall–Kier alpha value is -2.85. The van der Waals surface area contributed by atoms with Gasteiger partial charge in [-0.15, -0.1) is 0 Å². The molecular weight excluding hydrogens is 402 g/mol. The number of thiazole rings is 1. The standard InChI is InChI=1S/C18H19N3O5S2/c1-4-26-12-5-7-14-17(9-12)27-18(20-14)21-28(23,24)13-6-8-16(25-3)15(10-13)19-11(2)22/h5-10H,4H2,1-3H3,(H,19,22)(H,20,21). The van der Waals surface area contributed by atoms with Crippen LogP contribution in [0.15, 0.2) is 41.3 Å². The van der Waals surface area contributed by atoms with E-state index >= 15 is 0 Å². The van der Waals surface area contributed by atoms with Gasteiger partial charge in [-0.1, -0.05) is 11.3 Å². The Morgan fingerprint density at radius 2 is 2.00 bits per heavy atom. The number of fused-ring (bicyclic) bond motifs is 1. The van der Waals surface area contributed by atoms with Crippen molar-refractivity contribution in [1.82, 2.24) is 4.98 Å². The average molecular weight is 422 g/mol. The first kappa shape index (κ1) is 19.9. The molecule has 1 heterocycles. The van der Waals surface area contributed by atoms with Gasteiger partial charge in [-0.25, -0.2) is 13.4 Å². The lowest BCUT2D eigenvalue weighted by Gasteiger charge is -2.11. The van der Waals surface area contributed by atoms with Gasteiger partial charge in [0.25, 0.3) is 10.0 Å². The highest BCUT2D eigenvalue weighted by Gasteiger charge is 2.19. The molecule has 28 heavy (non-hydrogen) atoms. The average Bonchev–Trinajstić information content (AvgIpc) is 3.02. The number of benzene rings is 2. The van der Waals surface area contributed by atoms with Crippen molar-refractivity contribution in [3.8, 4) is 11.5 Å². The zero-order chi connectivity index (χ0) is 20.3. The van der Waals surface area contributed by atoms with Gasteiger partial charge >= 0.3 is 0 Å². The van der Waals surface area contributed by atoms with Crippen LogP contribution in [0.2, 0.25) is 0 Å². The van der Waals surface area contributed by atoms with Crippen LogP contribution in [0.1, 0.15) is 13.8 Å². The Morgan fingerprint density at radius 3 is 2.68 bits per heavy atom. The van der Waals surface area contributed by atoms with Crippen LogP contribution in [0.3, 0.4) is 0 Å². The number of nitrogens with zero attached hydrogens (tertiary/aromatic N) is 1. The molecule has 0 fully saturated rings. The second-order valence-corrected chi connectivity index (χ2v) is 8.44. The van der Waals surface area contributed by atoms with Gasteiger partial charge in [-0.3, -0.25) is 9.52 Å². The predicted molar refractivity (Wildman–Crippen MR) is 109 cm³/mol. The lowest BCUT2D eigenvalue weighted by molar-refractivity contribution is -0.114. The van der Waals surface area contributed by atoms with Crippen LogP contribution in [0, 0.1) is 0 Å². The number of hydrogen-bond acceptors (Lipinski definition) is 7. The molecule has 0 radical (unpaired) electrons. The van der Waals surface area contributed by atoms with Crippen molar-refractivity contribution in [3.05, 3.63) is 36.4 Å². The van der Waals surface area contributed by atoms with E-state index in [9.17, 15) is 13.2 Å². The number of hydrogen-bond donors (Lipinski definition) is 2. The Kier molecular flexibility index (Phi) is 5.71. The molecule has 0 atom stereocenters. The normalized spacial score (nSPS) is 11.2. The van der Waals surface area contributed by atoms with Crippen LogP contribution in [-0.4, -0.2) is 33.0 Å². The van der Waals surface area contributed by atoms with Gasteiger partial charge in [-0.2, -0.15) is 0 Å². The summed E-state index contributed by atoms with van der Waals surface area (Å²) in [6.45, 7) is 3.76. The van der Waals surface area contributed by atoms with Gasteiger partial charge < -0.3 is 14.8 Å². The first-order valence-electron chi connectivity index (χ1n) is 8.34. The SMILES string of the molecule is CCOc1ccc2nc(NS(=O)(=O)c3ccc(OC)c(NC(C)=O)c3)sc2c1. The number of carbonyl (C=O) groups excluding carboxylic acids is 1. The summed E-state index contributed by atoms with van der Waals surface area (Å²) < 4.78 is 39.4. The third kappa shape index (κ3) is 4.34. The lowest BCUT2D eigenvalue weighted by atomic mass is 10.3. The zero-order valence-electron chi connectivity index (χ0n) is 15.5. The van der Waals surface area contributed by atoms with Crippen LogP contribution >= 0.6 is 11.3 Å². The highest BCUT2D eigenvalue weighted by Crippen LogP contribution is 2.32. The molecular formula is C18H19N3O5S2. The molecule has 3 rings (SSSR count). The molecule has 148 valence electrons. The molecule has 2 aromatic carbocycles. The van der Waals surface area contributed by atoms with E-state index in [4.69, 9.17) is 9.47 Å². The Labute approximate surface area is 166 Å². The number of carbonyl (C=O) groups is 1. The second-order valence-electron chi connectivity index (χ2n) is 5.73. The first-order chi connectivity index (χ1) is 13.3. The highest BCUT2D eigenvalue weighted by atomic mass is 32.2. The third-order valence-electron chi connectivity index (χ3n) is 3.68. The number of nitrogens with one attached hydrogen (secondary N) is 2. The monoisotopic (exact) mass is 421 g/mol. The van der Waals surface area contributed by atoms with E-state index < -0.39 is 10.0 Å². The van der Waals surface area contributed by atoms with E-state index in [1.165, 1.54) is 43.6 Å². The molecule has 0 aliphatic heterocycles. The summed E-state index contributed by atoms with van der Waals surface area (Å²) in [6, 6.07) is 9.59. The smallest absolute Gasteiger partial charge is 0.263 e. The Morgan fingerprint density at radius 1 is 1.21 bits per heavy atom. The van der Waals surface area contributed by atoms with Crippen molar-refractivity contribution < 1.29 is 22.7 Å². The van der Waals surface area contributed by atoms with Crippen molar-refractivity contribution in [2.24, 2.45) is 0 Å². The first-order valence-corrected chi connectivity index (χ1v) is 10.6. The number of anilines is 2. The van der Waals surface area contributed by atoms with Crippen molar-refractivity contribution >= 4 is 48.3 Å².